The Bertz CT molecular complexity index is 1500. The number of esters is 1. The predicted octanol–water partition coefficient (Wildman–Crippen LogP) is 5.10. The first-order chi connectivity index (χ1) is 17.7. The average Bonchev–Trinajstić information content (AvgIpc) is 3.40. The van der Waals surface area contributed by atoms with Crippen LogP contribution in [0.5, 0.6) is 0 Å². The molecule has 0 spiro atoms. The van der Waals surface area contributed by atoms with Crippen LogP contribution in [-0.2, 0) is 9.47 Å². The Morgan fingerprint density at radius 3 is 2.57 bits per heavy atom. The van der Waals surface area contributed by atoms with E-state index in [1.54, 1.807) is 42.5 Å². The highest BCUT2D eigenvalue weighted by atomic mass is 35.5. The fourth-order valence-corrected chi connectivity index (χ4v) is 5.10. The van der Waals surface area contributed by atoms with Gasteiger partial charge in [-0.15, -0.1) is 0 Å². The van der Waals surface area contributed by atoms with Crippen LogP contribution in [0, 0.1) is 0 Å². The third-order valence-electron chi connectivity index (χ3n) is 6.29. The Morgan fingerprint density at radius 2 is 1.84 bits per heavy atom. The van der Waals surface area contributed by atoms with Crippen LogP contribution in [0.15, 0.2) is 60.9 Å². The van der Waals surface area contributed by atoms with Gasteiger partial charge in [0.05, 0.1) is 23.4 Å². The van der Waals surface area contributed by atoms with Gasteiger partial charge in [-0.3, -0.25) is 4.57 Å². The molecule has 4 atom stereocenters. The molecule has 0 amide bonds. The molecule has 0 aliphatic carbocycles. The molecule has 1 saturated heterocycles. The lowest BCUT2D eigenvalue weighted by atomic mass is 9.80. The first-order valence-electron chi connectivity index (χ1n) is 11.1. The third-order valence-corrected chi connectivity index (χ3v) is 6.72. The second-order valence-electron chi connectivity index (χ2n) is 8.62. The van der Waals surface area contributed by atoms with Gasteiger partial charge in [-0.2, -0.15) is 4.98 Å². The highest BCUT2D eigenvalue weighted by molar-refractivity contribution is 6.35. The topological polar surface area (TPSA) is 116 Å². The van der Waals surface area contributed by atoms with Crippen LogP contribution in [-0.4, -0.2) is 54.9 Å². The standard InChI is InChI=1S/C25H19Cl2FN4O5/c1-25(28)17(14-9-5-6-10-15(14)21(33)34)16(11-36-22(35)13-7-3-2-4-8-13)37-23(25)32-12-29-18-19(26)30-24(27)31-20(18)32/h2-10,12,16-17,23H,11H2,1H3,(H,33,34)/t16-,17+,23+,25+/m0/s1. The Labute approximate surface area is 219 Å². The second-order valence-corrected chi connectivity index (χ2v) is 9.32. The smallest absolute Gasteiger partial charge is 0.338 e. The zero-order valence-electron chi connectivity index (χ0n) is 19.2. The molecule has 0 saturated carbocycles. The monoisotopic (exact) mass is 544 g/mol. The second kappa shape index (κ2) is 9.70. The molecule has 1 aliphatic heterocycles. The minimum atomic E-state index is -2.22. The van der Waals surface area contributed by atoms with E-state index >= 15 is 4.39 Å². The Balaban J connectivity index is 1.57. The number of alkyl halides is 1. The van der Waals surface area contributed by atoms with Crippen LogP contribution in [0.2, 0.25) is 10.4 Å². The van der Waals surface area contributed by atoms with Crippen LogP contribution in [0.25, 0.3) is 11.2 Å². The van der Waals surface area contributed by atoms with Gasteiger partial charge in [0.25, 0.3) is 0 Å². The van der Waals surface area contributed by atoms with Gasteiger partial charge in [0.15, 0.2) is 22.7 Å². The summed E-state index contributed by atoms with van der Waals surface area (Å²) in [5.74, 6) is -2.99. The lowest BCUT2D eigenvalue weighted by Gasteiger charge is -2.29. The Kier molecular flexibility index (Phi) is 6.57. The summed E-state index contributed by atoms with van der Waals surface area (Å²) in [5.41, 5.74) is -1.49. The van der Waals surface area contributed by atoms with Crippen LogP contribution in [0.3, 0.4) is 0 Å². The van der Waals surface area contributed by atoms with Crippen molar-refractivity contribution in [3.8, 4) is 0 Å². The van der Waals surface area contributed by atoms with Crippen LogP contribution in [0.4, 0.5) is 4.39 Å². The zero-order valence-corrected chi connectivity index (χ0v) is 20.7. The summed E-state index contributed by atoms with van der Waals surface area (Å²) >= 11 is 12.1. The number of aromatic nitrogens is 4. The van der Waals surface area contributed by atoms with Gasteiger partial charge in [0, 0.05) is 0 Å². The van der Waals surface area contributed by atoms with Gasteiger partial charge in [-0.25, -0.2) is 23.9 Å². The van der Waals surface area contributed by atoms with E-state index in [4.69, 9.17) is 32.7 Å². The van der Waals surface area contributed by atoms with Gasteiger partial charge in [-0.05, 0) is 42.3 Å². The number of carboxylic acid groups (broad SMARTS) is 1. The molecule has 5 rings (SSSR count). The minimum Gasteiger partial charge on any atom is -0.478 e. The van der Waals surface area contributed by atoms with Crippen molar-refractivity contribution >= 4 is 46.3 Å². The number of rotatable bonds is 6. The van der Waals surface area contributed by atoms with Gasteiger partial charge in [-0.1, -0.05) is 48.0 Å². The highest BCUT2D eigenvalue weighted by Crippen LogP contribution is 2.52. The molecular weight excluding hydrogens is 526 g/mol. The zero-order chi connectivity index (χ0) is 26.3. The molecule has 190 valence electrons. The molecule has 0 unspecified atom stereocenters. The summed E-state index contributed by atoms with van der Waals surface area (Å²) in [7, 11) is 0. The number of halogens is 3. The molecule has 0 radical (unpaired) electrons. The van der Waals surface area contributed by atoms with E-state index in [1.165, 1.54) is 30.0 Å². The van der Waals surface area contributed by atoms with Gasteiger partial charge in [0.1, 0.15) is 18.2 Å². The van der Waals surface area contributed by atoms with E-state index in [1.807, 2.05) is 0 Å². The SMILES string of the molecule is C[C@@]1(F)[C@H](c2ccccc2C(=O)O)[C@H](COC(=O)c2ccccc2)O[C@H]1n1cnc2c(Cl)nc(Cl)nc21. The number of fused-ring (bicyclic) bond motifs is 1. The van der Waals surface area contributed by atoms with Crippen molar-refractivity contribution in [2.45, 2.75) is 30.8 Å². The molecule has 0 bridgehead atoms. The van der Waals surface area contributed by atoms with Gasteiger partial charge < -0.3 is 14.6 Å². The summed E-state index contributed by atoms with van der Waals surface area (Å²) in [5, 5.41) is 9.60. The average molecular weight is 545 g/mol. The first-order valence-corrected chi connectivity index (χ1v) is 11.9. The largest absolute Gasteiger partial charge is 0.478 e. The molecule has 1 fully saturated rings. The summed E-state index contributed by atoms with van der Waals surface area (Å²) in [4.78, 5) is 36.8. The van der Waals surface area contributed by atoms with Crippen LogP contribution in [0.1, 0.15) is 45.3 Å². The summed E-state index contributed by atoms with van der Waals surface area (Å²) in [6, 6.07) is 14.4. The van der Waals surface area contributed by atoms with E-state index < -0.39 is 35.9 Å². The quantitative estimate of drug-likeness (QED) is 0.202. The van der Waals surface area contributed by atoms with E-state index in [-0.39, 0.29) is 39.3 Å². The van der Waals surface area contributed by atoms with E-state index in [2.05, 4.69) is 15.0 Å². The summed E-state index contributed by atoms with van der Waals surface area (Å²) in [6.45, 7) is 0.946. The molecule has 1 N–H and O–H groups in total. The normalized spacial score (nSPS) is 23.3. The number of benzene rings is 2. The predicted molar refractivity (Wildman–Crippen MR) is 132 cm³/mol. The molecule has 12 heteroatoms. The number of imidazole rings is 1. The maximum absolute atomic E-state index is 16.8. The number of hydrogen-bond donors (Lipinski definition) is 1. The number of nitrogens with zero attached hydrogens (tertiary/aromatic N) is 4. The molecular formula is C25H19Cl2FN4O5. The number of carbonyl (C=O) groups is 2. The van der Waals surface area contributed by atoms with Gasteiger partial charge in [0.2, 0.25) is 5.28 Å². The van der Waals surface area contributed by atoms with Crippen molar-refractivity contribution in [2.75, 3.05) is 6.61 Å². The molecule has 9 nitrogen and oxygen atoms in total. The van der Waals surface area contributed by atoms with Crippen LogP contribution < -0.4 is 0 Å². The maximum Gasteiger partial charge on any atom is 0.338 e. The maximum atomic E-state index is 16.8. The lowest BCUT2D eigenvalue weighted by Crippen LogP contribution is -2.35. The molecule has 2 aromatic carbocycles. The molecule has 2 aromatic heterocycles. The van der Waals surface area contributed by atoms with Crippen molar-refractivity contribution in [3.63, 3.8) is 0 Å². The van der Waals surface area contributed by atoms with Crippen LogP contribution >= 0.6 is 23.2 Å². The van der Waals surface area contributed by atoms with E-state index in [9.17, 15) is 14.7 Å². The summed E-state index contributed by atoms with van der Waals surface area (Å²) < 4.78 is 29.8. The number of ether oxygens (including phenoxy) is 2. The number of carbonyl (C=O) groups excluding carboxylic acids is 1. The lowest BCUT2D eigenvalue weighted by molar-refractivity contribution is -0.0601. The Morgan fingerprint density at radius 1 is 1.14 bits per heavy atom. The molecule has 37 heavy (non-hydrogen) atoms. The van der Waals surface area contributed by atoms with Gasteiger partial charge >= 0.3 is 11.9 Å². The number of hydrogen-bond acceptors (Lipinski definition) is 7. The fourth-order valence-electron chi connectivity index (χ4n) is 4.68. The molecule has 4 aromatic rings. The van der Waals surface area contributed by atoms with Crippen molar-refractivity contribution < 1.29 is 28.6 Å². The number of carboxylic acids is 1. The van der Waals surface area contributed by atoms with E-state index in [0.717, 1.165) is 0 Å². The molecule has 3 heterocycles. The fraction of sp³-hybridized carbons (Fsp3) is 0.240. The third kappa shape index (κ3) is 4.52. The van der Waals surface area contributed by atoms with Crippen molar-refractivity contribution in [2.24, 2.45) is 0 Å². The highest BCUT2D eigenvalue weighted by Gasteiger charge is 2.57. The molecule has 1 aliphatic rings. The van der Waals surface area contributed by atoms with E-state index in [0.29, 0.717) is 5.56 Å². The van der Waals surface area contributed by atoms with Crippen molar-refractivity contribution in [3.05, 3.63) is 88.1 Å². The Hall–Kier alpha value is -3.60. The van der Waals surface area contributed by atoms with Crippen molar-refractivity contribution in [1.29, 1.82) is 0 Å². The first kappa shape index (κ1) is 25.1. The summed E-state index contributed by atoms with van der Waals surface area (Å²) in [6.07, 6.45) is -1.10. The van der Waals surface area contributed by atoms with Crippen molar-refractivity contribution in [1.82, 2.24) is 19.5 Å². The number of aromatic carboxylic acids is 1. The minimum absolute atomic E-state index is 0.0200.